The summed E-state index contributed by atoms with van der Waals surface area (Å²) in [6, 6.07) is 19.4. The molecule has 0 spiro atoms. The van der Waals surface area contributed by atoms with Crippen molar-refractivity contribution >= 4 is 17.4 Å². The van der Waals surface area contributed by atoms with E-state index in [4.69, 9.17) is 5.73 Å². The highest BCUT2D eigenvalue weighted by molar-refractivity contribution is 7.99. The van der Waals surface area contributed by atoms with Crippen molar-refractivity contribution in [2.75, 3.05) is 30.3 Å². The molecule has 1 unspecified atom stereocenters. The summed E-state index contributed by atoms with van der Waals surface area (Å²) in [5, 5.41) is 0. The number of rotatable bonds is 6. The van der Waals surface area contributed by atoms with Gasteiger partial charge in [0.15, 0.2) is 0 Å². The summed E-state index contributed by atoms with van der Waals surface area (Å²) in [5.74, 6) is 1.72. The smallest absolute Gasteiger partial charge is 0.0402 e. The van der Waals surface area contributed by atoms with Crippen LogP contribution in [-0.4, -0.2) is 25.4 Å². The van der Waals surface area contributed by atoms with Gasteiger partial charge in [-0.15, -0.1) is 11.8 Å². The monoisotopic (exact) mass is 298 g/mol. The van der Waals surface area contributed by atoms with E-state index in [1.54, 1.807) is 0 Å². The third-order valence-corrected chi connectivity index (χ3v) is 5.04. The molecule has 0 aliphatic carbocycles. The lowest BCUT2D eigenvalue weighted by Crippen LogP contribution is -2.25. The molecule has 0 fully saturated rings. The van der Waals surface area contributed by atoms with Gasteiger partial charge in [-0.1, -0.05) is 36.4 Å². The summed E-state index contributed by atoms with van der Waals surface area (Å²) < 4.78 is 0. The van der Waals surface area contributed by atoms with Crippen molar-refractivity contribution < 1.29 is 0 Å². The van der Waals surface area contributed by atoms with E-state index in [0.717, 1.165) is 31.8 Å². The summed E-state index contributed by atoms with van der Waals surface area (Å²) in [6.07, 6.45) is 1.08. The minimum atomic E-state index is 0.605. The lowest BCUT2D eigenvalue weighted by Gasteiger charge is -2.19. The fourth-order valence-electron chi connectivity index (χ4n) is 3.03. The summed E-state index contributed by atoms with van der Waals surface area (Å²) in [6.45, 7) is 2.98. The van der Waals surface area contributed by atoms with Crippen molar-refractivity contribution in [2.45, 2.75) is 17.2 Å². The van der Waals surface area contributed by atoms with Crippen LogP contribution in [0, 0.1) is 0 Å². The number of para-hydroxylation sites is 1. The van der Waals surface area contributed by atoms with Crippen LogP contribution >= 0.6 is 11.8 Å². The van der Waals surface area contributed by atoms with Gasteiger partial charge in [0.2, 0.25) is 0 Å². The molecule has 1 aliphatic rings. The fourth-order valence-corrected chi connectivity index (χ4v) is 3.93. The molecule has 2 aromatic rings. The van der Waals surface area contributed by atoms with Gasteiger partial charge in [-0.3, -0.25) is 0 Å². The molecule has 1 aliphatic heterocycles. The van der Waals surface area contributed by atoms with Gasteiger partial charge >= 0.3 is 0 Å². The van der Waals surface area contributed by atoms with Gasteiger partial charge in [-0.25, -0.2) is 0 Å². The first-order valence-electron chi connectivity index (χ1n) is 7.60. The van der Waals surface area contributed by atoms with Crippen LogP contribution in [-0.2, 0) is 0 Å². The van der Waals surface area contributed by atoms with Crippen LogP contribution in [0.2, 0.25) is 0 Å². The van der Waals surface area contributed by atoms with Crippen LogP contribution in [0.3, 0.4) is 0 Å². The van der Waals surface area contributed by atoms with Crippen molar-refractivity contribution in [2.24, 2.45) is 5.73 Å². The third-order valence-electron chi connectivity index (χ3n) is 4.05. The second-order valence-corrected chi connectivity index (χ2v) is 6.61. The molecular formula is C18H22N2S. The number of benzene rings is 2. The number of nitrogens with two attached hydrogens (primary N) is 1. The largest absolute Gasteiger partial charge is 0.370 e. The molecule has 0 amide bonds. The van der Waals surface area contributed by atoms with E-state index in [1.165, 1.54) is 16.1 Å². The van der Waals surface area contributed by atoms with Crippen molar-refractivity contribution in [3.63, 3.8) is 0 Å². The van der Waals surface area contributed by atoms with Gasteiger partial charge in [0.05, 0.1) is 0 Å². The maximum Gasteiger partial charge on any atom is 0.0402 e. The molecule has 3 heteroatoms. The Morgan fingerprint density at radius 1 is 1.05 bits per heavy atom. The van der Waals surface area contributed by atoms with Gasteiger partial charge in [0.25, 0.3) is 0 Å². The minimum Gasteiger partial charge on any atom is -0.370 e. The Bertz CT molecular complexity index is 570. The average Bonchev–Trinajstić information content (AvgIpc) is 2.87. The fraction of sp³-hybridized carbons (Fsp3) is 0.333. The lowest BCUT2D eigenvalue weighted by molar-refractivity contribution is 0.651. The first-order chi connectivity index (χ1) is 10.4. The minimum absolute atomic E-state index is 0.605. The predicted molar refractivity (Wildman–Crippen MR) is 92.2 cm³/mol. The first kappa shape index (κ1) is 14.5. The topological polar surface area (TPSA) is 29.3 Å². The molecule has 0 aromatic heterocycles. The highest BCUT2D eigenvalue weighted by Gasteiger charge is 2.26. The molecule has 1 heterocycles. The van der Waals surface area contributed by atoms with E-state index < -0.39 is 0 Å². The van der Waals surface area contributed by atoms with Gasteiger partial charge in [0, 0.05) is 35.3 Å². The van der Waals surface area contributed by atoms with Gasteiger partial charge in [-0.05, 0) is 36.7 Å². The number of hydrogen-bond acceptors (Lipinski definition) is 3. The number of anilines is 1. The summed E-state index contributed by atoms with van der Waals surface area (Å²) in [7, 11) is 0. The van der Waals surface area contributed by atoms with Crippen molar-refractivity contribution in [1.29, 1.82) is 0 Å². The van der Waals surface area contributed by atoms with Crippen LogP contribution in [0.5, 0.6) is 0 Å². The zero-order chi connectivity index (χ0) is 14.5. The Balaban J connectivity index is 1.61. The van der Waals surface area contributed by atoms with E-state index in [0.29, 0.717) is 5.92 Å². The maximum absolute atomic E-state index is 5.76. The van der Waals surface area contributed by atoms with E-state index in [9.17, 15) is 0 Å². The van der Waals surface area contributed by atoms with Gasteiger partial charge in [0.1, 0.15) is 0 Å². The maximum atomic E-state index is 5.76. The van der Waals surface area contributed by atoms with E-state index in [1.807, 2.05) is 11.8 Å². The number of hydrogen-bond donors (Lipinski definition) is 1. The Morgan fingerprint density at radius 3 is 2.62 bits per heavy atom. The zero-order valence-corrected chi connectivity index (χ0v) is 13.1. The first-order valence-corrected chi connectivity index (χ1v) is 8.59. The quantitative estimate of drug-likeness (QED) is 0.824. The molecule has 0 bridgehead atoms. The highest BCUT2D eigenvalue weighted by atomic mass is 32.2. The average molecular weight is 298 g/mol. The molecule has 2 N–H and O–H groups in total. The molecule has 2 nitrogen and oxygen atoms in total. The van der Waals surface area contributed by atoms with Crippen LogP contribution in [0.4, 0.5) is 5.69 Å². The normalized spacial score (nSPS) is 17.0. The van der Waals surface area contributed by atoms with Crippen molar-refractivity contribution in [3.8, 4) is 0 Å². The van der Waals surface area contributed by atoms with E-state index in [2.05, 4.69) is 59.5 Å². The Hall–Kier alpha value is -1.45. The molecule has 21 heavy (non-hydrogen) atoms. The van der Waals surface area contributed by atoms with Crippen LogP contribution < -0.4 is 10.6 Å². The Morgan fingerprint density at radius 2 is 1.81 bits per heavy atom. The van der Waals surface area contributed by atoms with Crippen LogP contribution in [0.15, 0.2) is 59.5 Å². The summed E-state index contributed by atoms with van der Waals surface area (Å²) >= 11 is 1.93. The van der Waals surface area contributed by atoms with E-state index >= 15 is 0 Å². The summed E-state index contributed by atoms with van der Waals surface area (Å²) in [5.41, 5.74) is 8.65. The second-order valence-electron chi connectivity index (χ2n) is 5.44. The lowest BCUT2D eigenvalue weighted by atomic mass is 9.98. The van der Waals surface area contributed by atoms with Crippen LogP contribution in [0.1, 0.15) is 17.9 Å². The van der Waals surface area contributed by atoms with Crippen LogP contribution in [0.25, 0.3) is 0 Å². The molecule has 2 aromatic carbocycles. The van der Waals surface area contributed by atoms with Gasteiger partial charge in [-0.2, -0.15) is 0 Å². The standard InChI is InChI=1S/C18H22N2S/c19-11-10-15-14-20(18-9-5-4-8-17(15)18)12-13-21-16-6-2-1-3-7-16/h1-9,15H,10-14,19H2. The Labute approximate surface area is 131 Å². The third kappa shape index (κ3) is 3.42. The molecule has 3 rings (SSSR count). The second kappa shape index (κ2) is 7.01. The number of thioether (sulfide) groups is 1. The highest BCUT2D eigenvalue weighted by Crippen LogP contribution is 2.37. The number of fused-ring (bicyclic) bond motifs is 1. The zero-order valence-electron chi connectivity index (χ0n) is 12.2. The molecule has 0 radical (unpaired) electrons. The van der Waals surface area contributed by atoms with E-state index in [-0.39, 0.29) is 0 Å². The molecule has 110 valence electrons. The predicted octanol–water partition coefficient (Wildman–Crippen LogP) is 3.73. The summed E-state index contributed by atoms with van der Waals surface area (Å²) in [4.78, 5) is 3.87. The molecular weight excluding hydrogens is 276 g/mol. The number of nitrogens with zero attached hydrogens (tertiary/aromatic N) is 1. The molecule has 1 atom stereocenters. The van der Waals surface area contributed by atoms with Crippen molar-refractivity contribution in [3.05, 3.63) is 60.2 Å². The SMILES string of the molecule is NCCC1CN(CCSc2ccccc2)c2ccccc21. The van der Waals surface area contributed by atoms with Crippen molar-refractivity contribution in [1.82, 2.24) is 0 Å². The molecule has 0 saturated carbocycles. The molecule has 0 saturated heterocycles. The van der Waals surface area contributed by atoms with Gasteiger partial charge < -0.3 is 10.6 Å². The Kier molecular flexibility index (Phi) is 4.84.